The Balaban J connectivity index is 4.04. The van der Waals surface area contributed by atoms with Gasteiger partial charge in [-0.15, -0.1) is 0 Å². The smallest absolute Gasteiger partial charge is 0.306 e. The molecular formula is C66H120O6. The Morgan fingerprint density at radius 3 is 0.931 bits per heavy atom. The van der Waals surface area contributed by atoms with E-state index in [1.807, 2.05) is 0 Å². The van der Waals surface area contributed by atoms with Gasteiger partial charge in [-0.05, 0) is 70.6 Å². The van der Waals surface area contributed by atoms with Gasteiger partial charge in [-0.25, -0.2) is 0 Å². The quantitative estimate of drug-likeness (QED) is 0.0261. The van der Waals surface area contributed by atoms with Crippen LogP contribution in [0.25, 0.3) is 0 Å². The van der Waals surface area contributed by atoms with Gasteiger partial charge in [0.05, 0.1) is 0 Å². The lowest BCUT2D eigenvalue weighted by Crippen LogP contribution is -2.30. The summed E-state index contributed by atoms with van der Waals surface area (Å²) in [7, 11) is 0. The number of unbranched alkanes of at least 4 members (excludes halogenated alkanes) is 39. The Kier molecular flexibility index (Phi) is 58.7. The van der Waals surface area contributed by atoms with Crippen molar-refractivity contribution >= 4 is 17.9 Å². The third-order valence-electron chi connectivity index (χ3n) is 14.0. The lowest BCUT2D eigenvalue weighted by molar-refractivity contribution is -0.167. The molecule has 72 heavy (non-hydrogen) atoms. The molecule has 0 N–H and O–H groups in total. The number of esters is 3. The third kappa shape index (κ3) is 58.3. The van der Waals surface area contributed by atoms with Gasteiger partial charge in [0, 0.05) is 19.3 Å². The van der Waals surface area contributed by atoms with Crippen molar-refractivity contribution in [3.05, 3.63) is 48.6 Å². The second kappa shape index (κ2) is 60.9. The molecule has 0 aliphatic heterocycles. The summed E-state index contributed by atoms with van der Waals surface area (Å²) in [6.07, 6.45) is 75.9. The van der Waals surface area contributed by atoms with Crippen LogP contribution in [-0.2, 0) is 28.6 Å². The lowest BCUT2D eigenvalue weighted by Gasteiger charge is -2.18. The van der Waals surface area contributed by atoms with Gasteiger partial charge >= 0.3 is 17.9 Å². The minimum Gasteiger partial charge on any atom is -0.462 e. The first-order valence-corrected chi connectivity index (χ1v) is 31.6. The van der Waals surface area contributed by atoms with Crippen molar-refractivity contribution in [3.63, 3.8) is 0 Å². The normalized spacial score (nSPS) is 12.3. The van der Waals surface area contributed by atoms with Crippen LogP contribution in [-0.4, -0.2) is 37.2 Å². The van der Waals surface area contributed by atoms with Crippen LogP contribution in [0, 0.1) is 0 Å². The highest BCUT2D eigenvalue weighted by Crippen LogP contribution is 2.18. The fraction of sp³-hybridized carbons (Fsp3) is 0.833. The van der Waals surface area contributed by atoms with Crippen molar-refractivity contribution in [2.24, 2.45) is 0 Å². The number of ether oxygens (including phenoxy) is 3. The molecule has 0 amide bonds. The summed E-state index contributed by atoms with van der Waals surface area (Å²) in [5, 5.41) is 0. The summed E-state index contributed by atoms with van der Waals surface area (Å²) >= 11 is 0. The Morgan fingerprint density at radius 1 is 0.292 bits per heavy atom. The van der Waals surface area contributed by atoms with Crippen LogP contribution < -0.4 is 0 Å². The first-order chi connectivity index (χ1) is 35.5. The molecule has 0 radical (unpaired) electrons. The largest absolute Gasteiger partial charge is 0.462 e. The molecular weight excluding hydrogens is 889 g/mol. The molecule has 0 heterocycles. The molecule has 6 nitrogen and oxygen atoms in total. The van der Waals surface area contributed by atoms with Gasteiger partial charge in [0.1, 0.15) is 13.2 Å². The van der Waals surface area contributed by atoms with Crippen LogP contribution in [0.3, 0.4) is 0 Å². The summed E-state index contributed by atoms with van der Waals surface area (Å²) in [4.78, 5) is 38.0. The van der Waals surface area contributed by atoms with Crippen LogP contribution >= 0.6 is 0 Å². The van der Waals surface area contributed by atoms with E-state index in [4.69, 9.17) is 14.2 Å². The van der Waals surface area contributed by atoms with E-state index in [0.29, 0.717) is 19.3 Å². The van der Waals surface area contributed by atoms with E-state index >= 15 is 0 Å². The summed E-state index contributed by atoms with van der Waals surface area (Å²) in [5.74, 6) is -0.913. The van der Waals surface area contributed by atoms with Crippen LogP contribution in [0.2, 0.25) is 0 Å². The fourth-order valence-electron chi connectivity index (χ4n) is 9.35. The van der Waals surface area contributed by atoms with E-state index in [2.05, 4.69) is 69.4 Å². The van der Waals surface area contributed by atoms with Gasteiger partial charge in [0.25, 0.3) is 0 Å². The molecule has 0 spiro atoms. The van der Waals surface area contributed by atoms with Gasteiger partial charge in [-0.3, -0.25) is 14.4 Å². The standard InChI is InChI=1S/C66H120O6/c1-4-7-10-13-16-19-22-24-25-26-27-28-29-30-31-32-33-34-35-36-37-38-39-40-41-43-44-47-50-53-56-59-65(68)71-62-63(61-70-64(67)58-55-52-49-46-21-18-15-12-9-6-3)72-66(69)60-57-54-51-48-45-42-23-20-17-14-11-8-5-2/h8,11-12,15,17,20,42,45,63H,4-7,9-10,13-14,16,18-19,21-41,43-44,46-62H2,1-3H3/b11-8-,15-12-,20-17-,45-42-. The van der Waals surface area contributed by atoms with Gasteiger partial charge in [0.2, 0.25) is 0 Å². The van der Waals surface area contributed by atoms with Crippen LogP contribution in [0.15, 0.2) is 48.6 Å². The predicted molar refractivity (Wildman–Crippen MR) is 312 cm³/mol. The first-order valence-electron chi connectivity index (χ1n) is 31.6. The topological polar surface area (TPSA) is 78.9 Å². The Morgan fingerprint density at radius 2 is 0.569 bits per heavy atom. The molecule has 1 atom stereocenters. The maximum absolute atomic E-state index is 12.8. The maximum Gasteiger partial charge on any atom is 0.306 e. The van der Waals surface area contributed by atoms with Crippen LogP contribution in [0.5, 0.6) is 0 Å². The van der Waals surface area contributed by atoms with E-state index in [9.17, 15) is 14.4 Å². The predicted octanol–water partition coefficient (Wildman–Crippen LogP) is 21.4. The monoisotopic (exact) mass is 1010 g/mol. The number of rotatable bonds is 58. The molecule has 0 aromatic rings. The molecule has 0 rings (SSSR count). The minimum absolute atomic E-state index is 0.0850. The lowest BCUT2D eigenvalue weighted by atomic mass is 10.0. The molecule has 0 saturated carbocycles. The molecule has 0 aliphatic rings. The first kappa shape index (κ1) is 69.4. The third-order valence-corrected chi connectivity index (χ3v) is 14.0. The molecule has 0 aromatic carbocycles. The molecule has 6 heteroatoms. The molecule has 1 unspecified atom stereocenters. The van der Waals surface area contributed by atoms with Crippen molar-refractivity contribution in [1.82, 2.24) is 0 Å². The number of carbonyl (C=O) groups excluding carboxylic acids is 3. The van der Waals surface area contributed by atoms with E-state index in [1.54, 1.807) is 0 Å². The van der Waals surface area contributed by atoms with Crippen molar-refractivity contribution in [2.75, 3.05) is 13.2 Å². The van der Waals surface area contributed by atoms with Crippen molar-refractivity contribution in [3.8, 4) is 0 Å². The number of allylic oxidation sites excluding steroid dienone is 8. The Labute approximate surface area is 448 Å². The zero-order valence-corrected chi connectivity index (χ0v) is 48.2. The van der Waals surface area contributed by atoms with Crippen LogP contribution in [0.1, 0.15) is 335 Å². The van der Waals surface area contributed by atoms with E-state index in [0.717, 1.165) is 96.3 Å². The summed E-state index contributed by atoms with van der Waals surface area (Å²) < 4.78 is 16.8. The highest BCUT2D eigenvalue weighted by Gasteiger charge is 2.19. The highest BCUT2D eigenvalue weighted by atomic mass is 16.6. The molecule has 0 fully saturated rings. The van der Waals surface area contributed by atoms with E-state index < -0.39 is 6.10 Å². The van der Waals surface area contributed by atoms with E-state index in [-0.39, 0.29) is 31.1 Å². The summed E-state index contributed by atoms with van der Waals surface area (Å²) in [6, 6.07) is 0. The Bertz CT molecular complexity index is 1250. The zero-order chi connectivity index (χ0) is 52.2. The second-order valence-electron chi connectivity index (χ2n) is 21.3. The van der Waals surface area contributed by atoms with Gasteiger partial charge in [-0.1, -0.05) is 294 Å². The summed E-state index contributed by atoms with van der Waals surface area (Å²) in [5.41, 5.74) is 0. The summed E-state index contributed by atoms with van der Waals surface area (Å²) in [6.45, 7) is 6.47. The molecule has 0 saturated heterocycles. The van der Waals surface area contributed by atoms with Crippen LogP contribution in [0.4, 0.5) is 0 Å². The van der Waals surface area contributed by atoms with Crippen molar-refractivity contribution in [1.29, 1.82) is 0 Å². The fourth-order valence-corrected chi connectivity index (χ4v) is 9.35. The average Bonchev–Trinajstić information content (AvgIpc) is 3.38. The Hall–Kier alpha value is -2.63. The number of carbonyl (C=O) groups is 3. The van der Waals surface area contributed by atoms with Crippen molar-refractivity contribution < 1.29 is 28.6 Å². The second-order valence-corrected chi connectivity index (χ2v) is 21.3. The molecule has 420 valence electrons. The van der Waals surface area contributed by atoms with Gasteiger partial charge in [0.15, 0.2) is 6.10 Å². The highest BCUT2D eigenvalue weighted by molar-refractivity contribution is 5.71. The SMILES string of the molecule is CC/C=C\C/C=C\C/C=C\CCCCCC(=O)OC(COC(=O)CCCCCCC/C=C\CCC)COC(=O)CCCCCCCCCCCCCCCCCCCCCCCCCCCCCCCCC. The maximum atomic E-state index is 12.8. The molecule has 0 aliphatic carbocycles. The van der Waals surface area contributed by atoms with Gasteiger partial charge in [-0.2, -0.15) is 0 Å². The average molecular weight is 1010 g/mol. The molecule has 0 aromatic heterocycles. The van der Waals surface area contributed by atoms with E-state index in [1.165, 1.54) is 199 Å². The van der Waals surface area contributed by atoms with Gasteiger partial charge < -0.3 is 14.2 Å². The zero-order valence-electron chi connectivity index (χ0n) is 48.2. The number of hydrogen-bond acceptors (Lipinski definition) is 6. The number of hydrogen-bond donors (Lipinski definition) is 0. The van der Waals surface area contributed by atoms with Crippen molar-refractivity contribution in [2.45, 2.75) is 341 Å². The minimum atomic E-state index is -0.789. The molecule has 0 bridgehead atoms.